The lowest BCUT2D eigenvalue weighted by molar-refractivity contribution is 0.482. The Morgan fingerprint density at radius 3 is 1.12 bits per heavy atom. The van der Waals surface area contributed by atoms with Crippen molar-refractivity contribution in [2.45, 2.75) is 0 Å². The summed E-state index contributed by atoms with van der Waals surface area (Å²) in [5, 5.41) is 6.88. The van der Waals surface area contributed by atoms with E-state index in [-0.39, 0.29) is 0 Å². The van der Waals surface area contributed by atoms with Crippen molar-refractivity contribution in [2.75, 3.05) is 10.6 Å². The summed E-state index contributed by atoms with van der Waals surface area (Å²) in [6.07, 6.45) is 0. The maximum Gasteiger partial charge on any atom is 0.127 e. The molecule has 5 rings (SSSR count). The lowest BCUT2D eigenvalue weighted by Crippen LogP contribution is -1.94. The molecule has 4 heteroatoms. The lowest BCUT2D eigenvalue weighted by Gasteiger charge is -2.12. The largest absolute Gasteiger partial charge is 0.457 e. The maximum atomic E-state index is 5.86. The fourth-order valence-corrected chi connectivity index (χ4v) is 3.47. The first-order chi connectivity index (χ1) is 16.8. The summed E-state index contributed by atoms with van der Waals surface area (Å²) in [4.78, 5) is 0. The standard InChI is InChI=1S/C30H24N2O2/c1-3-10-27(11-4-1)33-29-18-14-23(15-19-29)31-25-8-7-9-26(22-25)32-24-16-20-30(21-17-24)34-28-12-5-2-6-13-28/h1-22,31-32H. The van der Waals surface area contributed by atoms with E-state index in [0.717, 1.165) is 45.7 Å². The third-order valence-electron chi connectivity index (χ3n) is 5.11. The van der Waals surface area contributed by atoms with Crippen LogP contribution in [0, 0.1) is 0 Å². The van der Waals surface area contributed by atoms with Gasteiger partial charge in [0.05, 0.1) is 0 Å². The molecule has 0 bridgehead atoms. The number of rotatable bonds is 8. The summed E-state index contributed by atoms with van der Waals surface area (Å²) in [5.74, 6) is 3.24. The van der Waals surface area contributed by atoms with Crippen LogP contribution in [0.25, 0.3) is 0 Å². The van der Waals surface area contributed by atoms with Crippen LogP contribution in [0.4, 0.5) is 22.7 Å². The van der Waals surface area contributed by atoms with E-state index in [1.165, 1.54) is 0 Å². The third kappa shape index (κ3) is 5.75. The van der Waals surface area contributed by atoms with E-state index in [1.807, 2.05) is 127 Å². The number of para-hydroxylation sites is 2. The molecule has 0 saturated heterocycles. The quantitative estimate of drug-likeness (QED) is 0.251. The highest BCUT2D eigenvalue weighted by Gasteiger charge is 2.02. The Balaban J connectivity index is 1.20. The molecule has 0 saturated carbocycles. The van der Waals surface area contributed by atoms with Gasteiger partial charge in [0.1, 0.15) is 23.0 Å². The lowest BCUT2D eigenvalue weighted by atomic mass is 10.2. The molecule has 0 fully saturated rings. The fourth-order valence-electron chi connectivity index (χ4n) is 3.47. The Hall–Kier alpha value is -4.70. The minimum absolute atomic E-state index is 0.798. The van der Waals surface area contributed by atoms with Crippen LogP contribution in [0.5, 0.6) is 23.0 Å². The van der Waals surface area contributed by atoms with Gasteiger partial charge in [-0.1, -0.05) is 42.5 Å². The number of hydrogen-bond donors (Lipinski definition) is 2. The number of anilines is 4. The average molecular weight is 445 g/mol. The van der Waals surface area contributed by atoms with Crippen LogP contribution in [0.3, 0.4) is 0 Å². The Kier molecular flexibility index (Phi) is 6.40. The molecule has 0 radical (unpaired) electrons. The first-order valence-electron chi connectivity index (χ1n) is 11.1. The number of hydrogen-bond acceptors (Lipinski definition) is 4. The zero-order valence-corrected chi connectivity index (χ0v) is 18.5. The van der Waals surface area contributed by atoms with Gasteiger partial charge in [0.15, 0.2) is 0 Å². The molecule has 4 nitrogen and oxygen atoms in total. The molecule has 0 spiro atoms. The van der Waals surface area contributed by atoms with E-state index >= 15 is 0 Å². The second-order valence-corrected chi connectivity index (χ2v) is 7.71. The summed E-state index contributed by atoms with van der Waals surface area (Å²) < 4.78 is 11.7. The highest BCUT2D eigenvalue weighted by Crippen LogP contribution is 2.28. The molecule has 0 unspecified atom stereocenters. The molecule has 166 valence electrons. The van der Waals surface area contributed by atoms with Crippen LogP contribution in [0.2, 0.25) is 0 Å². The van der Waals surface area contributed by atoms with Crippen LogP contribution in [0.15, 0.2) is 133 Å². The van der Waals surface area contributed by atoms with Crippen LogP contribution in [-0.2, 0) is 0 Å². The minimum Gasteiger partial charge on any atom is -0.457 e. The van der Waals surface area contributed by atoms with Gasteiger partial charge < -0.3 is 20.1 Å². The van der Waals surface area contributed by atoms with Gasteiger partial charge >= 0.3 is 0 Å². The molecule has 0 aromatic heterocycles. The molecule has 5 aromatic carbocycles. The molecule has 0 aliphatic heterocycles. The second-order valence-electron chi connectivity index (χ2n) is 7.71. The van der Waals surface area contributed by atoms with Crippen LogP contribution in [0.1, 0.15) is 0 Å². The second kappa shape index (κ2) is 10.3. The Labute approximate surface area is 199 Å². The molecule has 2 N–H and O–H groups in total. The van der Waals surface area contributed by atoms with E-state index in [2.05, 4.69) is 16.7 Å². The predicted molar refractivity (Wildman–Crippen MR) is 139 cm³/mol. The molecule has 0 amide bonds. The van der Waals surface area contributed by atoms with E-state index in [4.69, 9.17) is 9.47 Å². The van der Waals surface area contributed by atoms with Gasteiger partial charge in [-0.05, 0) is 91.0 Å². The highest BCUT2D eigenvalue weighted by atomic mass is 16.5. The van der Waals surface area contributed by atoms with Gasteiger partial charge in [-0.2, -0.15) is 0 Å². The van der Waals surface area contributed by atoms with Crippen molar-refractivity contribution >= 4 is 22.7 Å². The predicted octanol–water partition coefficient (Wildman–Crippen LogP) is 8.76. The zero-order valence-electron chi connectivity index (χ0n) is 18.5. The van der Waals surface area contributed by atoms with E-state index in [9.17, 15) is 0 Å². The summed E-state index contributed by atoms with van der Waals surface area (Å²) in [5.41, 5.74) is 3.96. The summed E-state index contributed by atoms with van der Waals surface area (Å²) in [6, 6.07) is 43.5. The van der Waals surface area contributed by atoms with Gasteiger partial charge in [-0.15, -0.1) is 0 Å². The van der Waals surface area contributed by atoms with Gasteiger partial charge in [-0.3, -0.25) is 0 Å². The highest BCUT2D eigenvalue weighted by molar-refractivity contribution is 5.68. The first kappa shape index (κ1) is 21.2. The first-order valence-corrected chi connectivity index (χ1v) is 11.1. The average Bonchev–Trinajstić information content (AvgIpc) is 2.88. The van der Waals surface area contributed by atoms with Crippen molar-refractivity contribution in [3.05, 3.63) is 133 Å². The molecule has 5 aromatic rings. The Morgan fingerprint density at radius 1 is 0.324 bits per heavy atom. The Morgan fingerprint density at radius 2 is 0.706 bits per heavy atom. The number of ether oxygens (including phenoxy) is 2. The van der Waals surface area contributed by atoms with Crippen molar-refractivity contribution in [2.24, 2.45) is 0 Å². The van der Waals surface area contributed by atoms with Crippen LogP contribution < -0.4 is 20.1 Å². The van der Waals surface area contributed by atoms with E-state index in [1.54, 1.807) is 0 Å². The summed E-state index contributed by atoms with van der Waals surface area (Å²) in [6.45, 7) is 0. The maximum absolute atomic E-state index is 5.86. The van der Waals surface area contributed by atoms with Crippen molar-refractivity contribution < 1.29 is 9.47 Å². The minimum atomic E-state index is 0.798. The topological polar surface area (TPSA) is 42.5 Å². The smallest absolute Gasteiger partial charge is 0.127 e. The molecule has 34 heavy (non-hydrogen) atoms. The molecule has 0 atom stereocenters. The van der Waals surface area contributed by atoms with E-state index in [0.29, 0.717) is 0 Å². The van der Waals surface area contributed by atoms with Gasteiger partial charge in [0.25, 0.3) is 0 Å². The van der Waals surface area contributed by atoms with Crippen molar-refractivity contribution in [3.63, 3.8) is 0 Å². The molecular formula is C30H24N2O2. The summed E-state index contributed by atoms with van der Waals surface area (Å²) >= 11 is 0. The number of nitrogens with one attached hydrogen (secondary N) is 2. The van der Waals surface area contributed by atoms with Crippen LogP contribution >= 0.6 is 0 Å². The molecule has 0 aliphatic carbocycles. The normalized spacial score (nSPS) is 10.4. The van der Waals surface area contributed by atoms with Crippen molar-refractivity contribution in [3.8, 4) is 23.0 Å². The molecule has 0 aliphatic rings. The van der Waals surface area contributed by atoms with Gasteiger partial charge in [-0.25, -0.2) is 0 Å². The van der Waals surface area contributed by atoms with Crippen LogP contribution in [-0.4, -0.2) is 0 Å². The van der Waals surface area contributed by atoms with Gasteiger partial charge in [0, 0.05) is 22.7 Å². The van der Waals surface area contributed by atoms with Gasteiger partial charge in [0.2, 0.25) is 0 Å². The fraction of sp³-hybridized carbons (Fsp3) is 0. The summed E-state index contributed by atoms with van der Waals surface area (Å²) in [7, 11) is 0. The van der Waals surface area contributed by atoms with E-state index < -0.39 is 0 Å². The third-order valence-corrected chi connectivity index (χ3v) is 5.11. The number of benzene rings is 5. The zero-order chi connectivity index (χ0) is 23.0. The monoisotopic (exact) mass is 444 g/mol. The SMILES string of the molecule is c1ccc(Oc2ccc(Nc3cccc(Nc4ccc(Oc5ccccc5)cc4)c3)cc2)cc1. The van der Waals surface area contributed by atoms with Crippen molar-refractivity contribution in [1.29, 1.82) is 0 Å². The van der Waals surface area contributed by atoms with Crippen molar-refractivity contribution in [1.82, 2.24) is 0 Å². The molecule has 0 heterocycles. The Bertz CT molecular complexity index is 1220. The molecular weight excluding hydrogens is 420 g/mol.